The molecular weight excluding hydrogens is 328 g/mol. The van der Waals surface area contributed by atoms with Gasteiger partial charge in [-0.2, -0.15) is 0 Å². The number of nitrogens with one attached hydrogen (secondary N) is 1. The van der Waals surface area contributed by atoms with E-state index in [2.05, 4.69) is 21.2 Å². The summed E-state index contributed by atoms with van der Waals surface area (Å²) in [5.41, 5.74) is 1.02. The highest BCUT2D eigenvalue weighted by atomic mass is 79.9. The van der Waals surface area contributed by atoms with Crippen molar-refractivity contribution in [2.45, 2.75) is 13.5 Å². The molecule has 2 nitrogen and oxygen atoms in total. The number of aryl methyl sites for hydroxylation is 1. The van der Waals surface area contributed by atoms with E-state index in [1.807, 2.05) is 0 Å². The van der Waals surface area contributed by atoms with Crippen molar-refractivity contribution in [1.29, 1.82) is 0 Å². The van der Waals surface area contributed by atoms with Gasteiger partial charge >= 0.3 is 0 Å². The fourth-order valence-corrected chi connectivity index (χ4v) is 2.16. The van der Waals surface area contributed by atoms with Crippen molar-refractivity contribution >= 4 is 21.8 Å². The zero-order valence-corrected chi connectivity index (χ0v) is 12.3. The summed E-state index contributed by atoms with van der Waals surface area (Å²) >= 11 is 3.23. The Hall–Kier alpha value is -1.75. The van der Waals surface area contributed by atoms with Gasteiger partial charge in [-0.05, 0) is 42.8 Å². The van der Waals surface area contributed by atoms with Crippen LogP contribution in [0.25, 0.3) is 0 Å². The van der Waals surface area contributed by atoms with Crippen molar-refractivity contribution in [1.82, 2.24) is 5.32 Å². The van der Waals surface area contributed by atoms with E-state index >= 15 is 0 Å². The van der Waals surface area contributed by atoms with Crippen LogP contribution in [0.4, 0.5) is 8.78 Å². The third kappa shape index (κ3) is 3.42. The van der Waals surface area contributed by atoms with E-state index in [1.54, 1.807) is 25.1 Å². The van der Waals surface area contributed by atoms with Crippen LogP contribution < -0.4 is 5.32 Å². The Morgan fingerprint density at radius 2 is 1.90 bits per heavy atom. The molecule has 1 amide bonds. The lowest BCUT2D eigenvalue weighted by molar-refractivity contribution is 0.0946. The lowest BCUT2D eigenvalue weighted by Gasteiger charge is -2.08. The second-order valence-corrected chi connectivity index (χ2v) is 5.32. The smallest absolute Gasteiger partial charge is 0.254 e. The van der Waals surface area contributed by atoms with Crippen LogP contribution >= 0.6 is 15.9 Å². The summed E-state index contributed by atoms with van der Waals surface area (Å²) in [6.45, 7) is 1.74. The summed E-state index contributed by atoms with van der Waals surface area (Å²) in [4.78, 5) is 11.9. The first-order chi connectivity index (χ1) is 9.47. The van der Waals surface area contributed by atoms with Crippen LogP contribution in [-0.4, -0.2) is 5.91 Å². The van der Waals surface area contributed by atoms with E-state index in [1.165, 1.54) is 18.2 Å². The molecule has 0 saturated carbocycles. The topological polar surface area (TPSA) is 29.1 Å². The summed E-state index contributed by atoms with van der Waals surface area (Å²) < 4.78 is 27.8. The SMILES string of the molecule is Cc1ccc(C(=O)NCc2cc(Br)ccc2F)c(F)c1. The Labute approximate surface area is 123 Å². The minimum atomic E-state index is -0.586. The Morgan fingerprint density at radius 3 is 2.60 bits per heavy atom. The molecule has 2 rings (SSSR count). The summed E-state index contributed by atoms with van der Waals surface area (Å²) in [5, 5.41) is 2.50. The van der Waals surface area contributed by atoms with Gasteiger partial charge in [-0.3, -0.25) is 4.79 Å². The average molecular weight is 340 g/mol. The standard InChI is InChI=1S/C15H12BrF2NO/c1-9-2-4-12(14(18)6-9)15(20)19-8-10-7-11(16)3-5-13(10)17/h2-7H,8H2,1H3,(H,19,20). The quantitative estimate of drug-likeness (QED) is 0.900. The number of rotatable bonds is 3. The highest BCUT2D eigenvalue weighted by molar-refractivity contribution is 9.10. The van der Waals surface area contributed by atoms with Gasteiger partial charge in [0.05, 0.1) is 5.56 Å². The predicted molar refractivity (Wildman–Crippen MR) is 76.4 cm³/mol. The molecule has 2 aromatic carbocycles. The van der Waals surface area contributed by atoms with Gasteiger partial charge in [-0.25, -0.2) is 8.78 Å². The number of carbonyl (C=O) groups excluding carboxylic acids is 1. The van der Waals surface area contributed by atoms with E-state index in [0.29, 0.717) is 10.0 Å². The zero-order valence-electron chi connectivity index (χ0n) is 10.7. The molecule has 0 radical (unpaired) electrons. The van der Waals surface area contributed by atoms with Crippen molar-refractivity contribution in [3.63, 3.8) is 0 Å². The molecule has 0 aromatic heterocycles. The predicted octanol–water partition coefficient (Wildman–Crippen LogP) is 3.97. The Balaban J connectivity index is 2.10. The number of carbonyl (C=O) groups is 1. The van der Waals surface area contributed by atoms with Crippen LogP contribution in [0.1, 0.15) is 21.5 Å². The summed E-state index contributed by atoms with van der Waals surface area (Å²) in [6.07, 6.45) is 0. The molecule has 0 heterocycles. The zero-order chi connectivity index (χ0) is 14.7. The third-order valence-electron chi connectivity index (χ3n) is 2.82. The molecule has 0 fully saturated rings. The second kappa shape index (κ2) is 6.13. The van der Waals surface area contributed by atoms with Crippen LogP contribution in [0.3, 0.4) is 0 Å². The van der Waals surface area contributed by atoms with Gasteiger partial charge in [-0.15, -0.1) is 0 Å². The monoisotopic (exact) mass is 339 g/mol. The molecule has 0 aliphatic heterocycles. The number of hydrogen-bond donors (Lipinski definition) is 1. The maximum Gasteiger partial charge on any atom is 0.254 e. The van der Waals surface area contributed by atoms with Gasteiger partial charge in [0.25, 0.3) is 5.91 Å². The number of hydrogen-bond acceptors (Lipinski definition) is 1. The van der Waals surface area contributed by atoms with E-state index < -0.39 is 17.5 Å². The van der Waals surface area contributed by atoms with Crippen molar-refractivity contribution in [2.75, 3.05) is 0 Å². The first-order valence-electron chi connectivity index (χ1n) is 5.95. The summed E-state index contributed by atoms with van der Waals surface area (Å²) in [7, 11) is 0. The first-order valence-corrected chi connectivity index (χ1v) is 6.75. The highest BCUT2D eigenvalue weighted by Crippen LogP contribution is 2.16. The van der Waals surface area contributed by atoms with Crippen molar-refractivity contribution < 1.29 is 13.6 Å². The fraction of sp³-hybridized carbons (Fsp3) is 0.133. The minimum absolute atomic E-state index is 0.00256. The molecule has 1 N–H and O–H groups in total. The molecule has 0 saturated heterocycles. The molecule has 0 unspecified atom stereocenters. The van der Waals surface area contributed by atoms with Gasteiger partial charge in [-0.1, -0.05) is 22.0 Å². The van der Waals surface area contributed by atoms with Gasteiger partial charge in [0.15, 0.2) is 0 Å². The molecular formula is C15H12BrF2NO. The fourth-order valence-electron chi connectivity index (χ4n) is 1.75. The van der Waals surface area contributed by atoms with E-state index in [-0.39, 0.29) is 12.1 Å². The minimum Gasteiger partial charge on any atom is -0.348 e. The van der Waals surface area contributed by atoms with Crippen molar-refractivity contribution in [3.8, 4) is 0 Å². The lowest BCUT2D eigenvalue weighted by Crippen LogP contribution is -2.24. The largest absolute Gasteiger partial charge is 0.348 e. The third-order valence-corrected chi connectivity index (χ3v) is 3.31. The summed E-state index contributed by atoms with van der Waals surface area (Å²) in [6, 6.07) is 8.79. The van der Waals surface area contributed by atoms with Crippen LogP contribution in [0.2, 0.25) is 0 Å². The molecule has 20 heavy (non-hydrogen) atoms. The molecule has 104 valence electrons. The Morgan fingerprint density at radius 1 is 1.15 bits per heavy atom. The van der Waals surface area contributed by atoms with Gasteiger partial charge in [0, 0.05) is 16.6 Å². The van der Waals surface area contributed by atoms with Crippen LogP contribution in [-0.2, 0) is 6.54 Å². The first kappa shape index (κ1) is 14.7. The molecule has 2 aromatic rings. The number of amides is 1. The average Bonchev–Trinajstić information content (AvgIpc) is 2.39. The maximum atomic E-state index is 13.6. The van der Waals surface area contributed by atoms with Crippen LogP contribution in [0.15, 0.2) is 40.9 Å². The Bertz CT molecular complexity index is 658. The molecule has 0 aliphatic rings. The van der Waals surface area contributed by atoms with Gasteiger partial charge in [0.2, 0.25) is 0 Å². The van der Waals surface area contributed by atoms with Crippen LogP contribution in [0, 0.1) is 18.6 Å². The number of halogens is 3. The highest BCUT2D eigenvalue weighted by Gasteiger charge is 2.12. The normalized spacial score (nSPS) is 10.4. The molecule has 0 bridgehead atoms. The van der Waals surface area contributed by atoms with Gasteiger partial charge in [0.1, 0.15) is 11.6 Å². The van der Waals surface area contributed by atoms with Crippen molar-refractivity contribution in [2.24, 2.45) is 0 Å². The van der Waals surface area contributed by atoms with E-state index in [0.717, 1.165) is 5.56 Å². The van der Waals surface area contributed by atoms with Crippen molar-refractivity contribution in [3.05, 3.63) is 69.2 Å². The molecule has 0 spiro atoms. The molecule has 0 aliphatic carbocycles. The van der Waals surface area contributed by atoms with Crippen LogP contribution in [0.5, 0.6) is 0 Å². The summed E-state index contributed by atoms with van der Waals surface area (Å²) in [5.74, 6) is -1.57. The van der Waals surface area contributed by atoms with Gasteiger partial charge < -0.3 is 5.32 Å². The molecule has 5 heteroatoms. The second-order valence-electron chi connectivity index (χ2n) is 4.40. The maximum absolute atomic E-state index is 13.6. The number of benzene rings is 2. The Kier molecular flexibility index (Phi) is 4.49. The van der Waals surface area contributed by atoms with E-state index in [9.17, 15) is 13.6 Å². The van der Waals surface area contributed by atoms with E-state index in [4.69, 9.17) is 0 Å². The lowest BCUT2D eigenvalue weighted by atomic mass is 10.1. The molecule has 0 atom stereocenters.